The van der Waals surface area contributed by atoms with Gasteiger partial charge in [0.05, 0.1) is 0 Å². The van der Waals surface area contributed by atoms with Gasteiger partial charge < -0.3 is 9.80 Å². The Balaban J connectivity index is 0. The van der Waals surface area contributed by atoms with Gasteiger partial charge in [0.1, 0.15) is 17.3 Å². The number of benzene rings is 5. The number of likely N-dealkylation sites (tertiary alicyclic amines) is 1. The van der Waals surface area contributed by atoms with Crippen LogP contribution >= 0.6 is 0 Å². The van der Waals surface area contributed by atoms with Crippen LogP contribution < -0.4 is 0 Å². The van der Waals surface area contributed by atoms with Gasteiger partial charge in [0, 0.05) is 167 Å². The van der Waals surface area contributed by atoms with Gasteiger partial charge in [-0.05, 0) is 192 Å². The number of carbonyl (C=O) groups is 11. The molecule has 0 spiro atoms. The van der Waals surface area contributed by atoms with Gasteiger partial charge in [0.2, 0.25) is 5.91 Å². The topological polar surface area (TPSA) is 233 Å². The van der Waals surface area contributed by atoms with Gasteiger partial charge in [-0.15, -0.1) is 0 Å². The fraction of sp³-hybridized carbons (Fsp3) is 0.525. The first kappa shape index (κ1) is 126. The highest BCUT2D eigenvalue weighted by Gasteiger charge is 2.22. The molecule has 0 aliphatic carbocycles. The molecule has 8 aromatic rings. The van der Waals surface area contributed by atoms with E-state index in [0.29, 0.717) is 98.0 Å². The minimum Gasteiger partial charge on any atom is -0.349 e. The number of ketones is 10. The van der Waals surface area contributed by atoms with E-state index in [9.17, 15) is 52.7 Å². The first-order valence-corrected chi connectivity index (χ1v) is 48.3. The van der Waals surface area contributed by atoms with Gasteiger partial charge in [-0.2, -0.15) is 0 Å². The molecule has 1 saturated heterocycles. The molecule has 3 aromatic heterocycles. The predicted molar refractivity (Wildman–Crippen MR) is 561 cm³/mol. The number of aryl methyl sites for hydroxylation is 6. The number of amides is 1. The molecule has 1 fully saturated rings. The van der Waals surface area contributed by atoms with Crippen LogP contribution in [0.2, 0.25) is 0 Å². The normalized spacial score (nSPS) is 11.6. The lowest BCUT2D eigenvalue weighted by Gasteiger charge is -2.26. The highest BCUT2D eigenvalue weighted by Crippen LogP contribution is 2.26. The molecule has 0 radical (unpaired) electrons. The van der Waals surface area contributed by atoms with E-state index in [4.69, 9.17) is 0 Å². The number of hydrogen-bond donors (Lipinski definition) is 0. The van der Waals surface area contributed by atoms with E-state index in [1.165, 1.54) is 32.4 Å². The van der Waals surface area contributed by atoms with Crippen LogP contribution in [-0.4, -0.2) is 122 Å². The van der Waals surface area contributed by atoms with Crippen molar-refractivity contribution in [3.05, 3.63) is 267 Å². The van der Waals surface area contributed by atoms with Crippen molar-refractivity contribution in [2.45, 2.75) is 312 Å². The minimum absolute atomic E-state index is 0.0363. The third-order valence-corrected chi connectivity index (χ3v) is 19.5. The van der Waals surface area contributed by atoms with Crippen LogP contribution in [0, 0.1) is 105 Å². The third-order valence-electron chi connectivity index (χ3n) is 19.5. The lowest BCUT2D eigenvalue weighted by molar-refractivity contribution is -0.131. The van der Waals surface area contributed by atoms with Crippen LogP contribution in [0.5, 0.6) is 0 Å². The maximum atomic E-state index is 11.8. The summed E-state index contributed by atoms with van der Waals surface area (Å²) in [7, 11) is 3.53. The molecule has 4 heterocycles. The maximum Gasteiger partial charge on any atom is 0.224 e. The van der Waals surface area contributed by atoms with Gasteiger partial charge >= 0.3 is 0 Å². The molecular weight excluding hydrogens is 1660 g/mol. The number of Topliss-reactive ketones (excluding diaryl/α,β-unsaturated/α-hetero) is 10. The zero-order valence-electron chi connectivity index (χ0n) is 89.5. The van der Waals surface area contributed by atoms with Crippen LogP contribution in [-0.2, 0) is 14.4 Å². The van der Waals surface area contributed by atoms with Gasteiger partial charge in [-0.3, -0.25) is 67.7 Å². The smallest absolute Gasteiger partial charge is 0.224 e. The molecule has 738 valence electrons. The fourth-order valence-corrected chi connectivity index (χ4v) is 12.7. The van der Waals surface area contributed by atoms with Gasteiger partial charge in [-0.1, -0.05) is 311 Å². The summed E-state index contributed by atoms with van der Waals surface area (Å²) in [5, 5.41) is 0. The van der Waals surface area contributed by atoms with Crippen molar-refractivity contribution in [2.75, 3.05) is 33.7 Å². The van der Waals surface area contributed by atoms with Crippen LogP contribution in [0.1, 0.15) is 387 Å². The Morgan fingerprint density at radius 3 is 0.866 bits per heavy atom. The van der Waals surface area contributed by atoms with Gasteiger partial charge in [-0.25, -0.2) is 0 Å². The van der Waals surface area contributed by atoms with E-state index in [2.05, 4.69) is 151 Å². The Bertz CT molecular complexity index is 4340. The van der Waals surface area contributed by atoms with Crippen LogP contribution in [0.25, 0.3) is 0 Å². The summed E-state index contributed by atoms with van der Waals surface area (Å²) < 4.78 is 0. The fourth-order valence-electron chi connectivity index (χ4n) is 12.7. The standard InChI is InChI=1S/C13H25NO.C12H17NO.5C12H16O.2C11H15NO.C6H13NO.C5H10O/c1-13(2,3)11-12(15)7-10-14-8-5-4-6-9-14;1-9-5-10(8-13-7-9)11(14)6-12(2,3)4;5*1-9(2)7-12(13)11-6-4-5-10(3)8-11;1-11(2,3)7-10(13)9-5-4-6-12-8-9;1-11(2,3)8-10(13)9-6-4-5-7-12-9;1-5(2)6(8)7(3)4;1-4(2)5(3)6/h4-11H2,1-3H3;5,7-8H,6H2,1-4H3;5*4-6,8-9H,7H2,1-3H3;4-6,8H,7H2,1-3H3;4-7H,8H2,1-3H3;5H,1-4H3;4H,1-3H3. The molecule has 134 heavy (non-hydrogen) atoms. The largest absolute Gasteiger partial charge is 0.349 e. The quantitative estimate of drug-likeness (QED) is 0.0436. The highest BCUT2D eigenvalue weighted by molar-refractivity contribution is 6.00. The zero-order valence-corrected chi connectivity index (χ0v) is 89.5. The summed E-state index contributed by atoms with van der Waals surface area (Å²) in [5.41, 5.74) is 13.3. The van der Waals surface area contributed by atoms with E-state index in [1.54, 1.807) is 75.1 Å². The average Bonchev–Trinajstić information content (AvgIpc) is 0.888. The summed E-state index contributed by atoms with van der Waals surface area (Å²) in [6.45, 7) is 70.1. The second-order valence-electron chi connectivity index (χ2n) is 43.2. The summed E-state index contributed by atoms with van der Waals surface area (Å²) in [5.74, 6) is 5.11. The molecule has 0 unspecified atom stereocenters. The Morgan fingerprint density at radius 1 is 0.321 bits per heavy atom. The SMILES string of the molecule is CC(=O)C(C)C.CC(C)(C)CC(=O)CCN1CCCCC1.CC(C)(C)CC(=O)c1ccccn1.CC(C)(C)CC(=O)c1cccnc1.CC(C)C(=O)N(C)C.Cc1cccc(C(=O)CC(C)C)c1.Cc1cccc(C(=O)CC(C)C)c1.Cc1cccc(C(=O)CC(C)C)c1.Cc1cccc(C(=O)CC(C)C)c1.Cc1cccc(C(=O)CC(C)C)c1.Cc1cncc(C(=O)CC(C)(C)C)c1. The molecule has 1 aliphatic heterocycles. The van der Waals surface area contributed by atoms with Crippen molar-refractivity contribution < 1.29 is 52.7 Å². The summed E-state index contributed by atoms with van der Waals surface area (Å²) >= 11 is 0. The van der Waals surface area contributed by atoms with Crippen LogP contribution in [0.4, 0.5) is 0 Å². The molecular formula is C118H175N5O11. The number of nitrogens with zero attached hydrogens (tertiary/aromatic N) is 5. The lowest BCUT2D eigenvalue weighted by atomic mass is 9.88. The van der Waals surface area contributed by atoms with Crippen molar-refractivity contribution in [2.24, 2.45) is 63.1 Å². The number of carbonyl (C=O) groups excluding carboxylic acids is 11. The Hall–Kier alpha value is -10.3. The van der Waals surface area contributed by atoms with Crippen molar-refractivity contribution in [3.8, 4) is 0 Å². The first-order valence-electron chi connectivity index (χ1n) is 48.3. The number of rotatable bonds is 27. The van der Waals surface area contributed by atoms with Gasteiger partial charge in [0.15, 0.2) is 46.3 Å². The van der Waals surface area contributed by atoms with Gasteiger partial charge in [0.25, 0.3) is 0 Å². The number of piperidine rings is 1. The lowest BCUT2D eigenvalue weighted by Crippen LogP contribution is -2.32. The summed E-state index contributed by atoms with van der Waals surface area (Å²) in [6.07, 6.45) is 18.7. The first-order chi connectivity index (χ1) is 62.0. The third kappa shape index (κ3) is 67.0. The molecule has 16 heteroatoms. The van der Waals surface area contributed by atoms with Crippen molar-refractivity contribution >= 4 is 63.7 Å². The second kappa shape index (κ2) is 66.2. The molecule has 5 aromatic carbocycles. The Morgan fingerprint density at radius 2 is 0.619 bits per heavy atom. The zero-order chi connectivity index (χ0) is 103. The van der Waals surface area contributed by atoms with E-state index >= 15 is 0 Å². The number of hydrogen-bond acceptors (Lipinski definition) is 15. The van der Waals surface area contributed by atoms with Crippen molar-refractivity contribution in [1.82, 2.24) is 24.8 Å². The summed E-state index contributed by atoms with van der Waals surface area (Å²) in [4.78, 5) is 142. The highest BCUT2D eigenvalue weighted by atomic mass is 16.2. The molecule has 1 aliphatic rings. The van der Waals surface area contributed by atoms with E-state index in [-0.39, 0.29) is 91.5 Å². The molecule has 0 saturated carbocycles. The molecule has 0 N–H and O–H groups in total. The van der Waals surface area contributed by atoms with Crippen molar-refractivity contribution in [1.29, 1.82) is 0 Å². The second-order valence-corrected chi connectivity index (χ2v) is 43.2. The molecule has 16 nitrogen and oxygen atoms in total. The maximum absolute atomic E-state index is 11.8. The summed E-state index contributed by atoms with van der Waals surface area (Å²) in [6, 6.07) is 49.8. The number of aromatic nitrogens is 3. The number of pyridine rings is 3. The molecule has 0 bridgehead atoms. The minimum atomic E-state index is 0.0363. The van der Waals surface area contributed by atoms with Crippen molar-refractivity contribution in [3.63, 3.8) is 0 Å². The molecule has 0 atom stereocenters. The molecule has 9 rings (SSSR count). The van der Waals surface area contributed by atoms with Crippen LogP contribution in [0.3, 0.4) is 0 Å². The predicted octanol–water partition coefficient (Wildman–Crippen LogP) is 29.4. The average molecular weight is 1840 g/mol. The Labute approximate surface area is 811 Å². The monoisotopic (exact) mass is 1840 g/mol. The van der Waals surface area contributed by atoms with E-state index < -0.39 is 0 Å². The van der Waals surface area contributed by atoms with E-state index in [0.717, 1.165) is 86.1 Å². The Kier molecular flexibility index (Phi) is 62.1. The van der Waals surface area contributed by atoms with E-state index in [1.807, 2.05) is 230 Å². The molecule has 1 amide bonds. The van der Waals surface area contributed by atoms with Crippen LogP contribution in [0.15, 0.2) is 189 Å².